The van der Waals surface area contributed by atoms with Crippen LogP contribution in [0.15, 0.2) is 23.2 Å². The van der Waals surface area contributed by atoms with Gasteiger partial charge in [-0.1, -0.05) is 32.3 Å². The summed E-state index contributed by atoms with van der Waals surface area (Å²) in [6.07, 6.45) is 9.62. The lowest BCUT2D eigenvalue weighted by Gasteiger charge is -2.34. The Balaban J connectivity index is 1.32. The molecule has 1 aliphatic carbocycles. The van der Waals surface area contributed by atoms with E-state index in [1.165, 1.54) is 41.3 Å². The van der Waals surface area contributed by atoms with Crippen LogP contribution in [0.1, 0.15) is 86.2 Å². The second-order valence-electron chi connectivity index (χ2n) is 11.6. The van der Waals surface area contributed by atoms with E-state index >= 15 is 0 Å². The van der Waals surface area contributed by atoms with E-state index in [4.69, 9.17) is 4.99 Å². The van der Waals surface area contributed by atoms with Gasteiger partial charge in [-0.3, -0.25) is 14.6 Å². The molecule has 1 aromatic carbocycles. The smallest absolute Gasteiger partial charge is 0.253 e. The number of carbonyl (C=O) groups excluding carboxylic acids is 2. The van der Waals surface area contributed by atoms with Crippen LogP contribution >= 0.6 is 0 Å². The van der Waals surface area contributed by atoms with Crippen molar-refractivity contribution in [2.24, 2.45) is 16.8 Å². The Hall–Kier alpha value is -2.26. The maximum Gasteiger partial charge on any atom is 0.253 e. The van der Waals surface area contributed by atoms with E-state index in [-0.39, 0.29) is 17.6 Å². The molecule has 1 saturated carbocycles. The van der Waals surface area contributed by atoms with Gasteiger partial charge in [0.05, 0.1) is 5.75 Å². The molecule has 2 fully saturated rings. The number of aryl methyl sites for hydroxylation is 2. The fourth-order valence-electron chi connectivity index (χ4n) is 6.16. The van der Waals surface area contributed by atoms with Crippen LogP contribution in [0, 0.1) is 18.8 Å². The van der Waals surface area contributed by atoms with Gasteiger partial charge in [0, 0.05) is 38.7 Å². The molecular formula is C29H44N4O4S. The van der Waals surface area contributed by atoms with Gasteiger partial charge in [-0.05, 0) is 81.0 Å². The fourth-order valence-corrected chi connectivity index (χ4v) is 7.64. The van der Waals surface area contributed by atoms with Gasteiger partial charge in [0.1, 0.15) is 11.4 Å². The van der Waals surface area contributed by atoms with Gasteiger partial charge < -0.3 is 10.2 Å². The quantitative estimate of drug-likeness (QED) is 0.509. The molecule has 38 heavy (non-hydrogen) atoms. The molecule has 9 heteroatoms. The number of carbonyl (C=O) groups is 2. The molecular weight excluding hydrogens is 500 g/mol. The van der Waals surface area contributed by atoms with E-state index in [0.29, 0.717) is 43.8 Å². The number of nitrogens with one attached hydrogen (secondary N) is 1. The van der Waals surface area contributed by atoms with Crippen molar-refractivity contribution in [3.63, 3.8) is 0 Å². The largest absolute Gasteiger partial charge is 0.345 e. The van der Waals surface area contributed by atoms with E-state index in [1.807, 2.05) is 19.1 Å². The van der Waals surface area contributed by atoms with E-state index < -0.39 is 15.6 Å². The summed E-state index contributed by atoms with van der Waals surface area (Å²) in [7, 11) is -0.0516. The minimum Gasteiger partial charge on any atom is -0.345 e. The Bertz CT molecular complexity index is 1160. The van der Waals surface area contributed by atoms with E-state index in [0.717, 1.165) is 35.7 Å². The van der Waals surface area contributed by atoms with Crippen LogP contribution in [0.5, 0.6) is 0 Å². The second-order valence-corrected chi connectivity index (χ2v) is 13.7. The third kappa shape index (κ3) is 6.30. The fraction of sp³-hybridized carbons (Fsp3) is 0.690. The highest BCUT2D eigenvalue weighted by Gasteiger charge is 2.48. The second kappa shape index (κ2) is 11.9. The summed E-state index contributed by atoms with van der Waals surface area (Å²) in [6, 6.07) is 5.43. The SMILES string of the molecule is CCCCC1CCC(C2=NC3(CCN(S(=O)(=O)CCc4ccc(C(=O)N(C)C)cc4C)CC3)C(=O)N2)CC1. The van der Waals surface area contributed by atoms with Crippen molar-refractivity contribution in [3.8, 4) is 0 Å². The molecule has 2 aliphatic heterocycles. The van der Waals surface area contributed by atoms with Crippen LogP contribution in [-0.2, 0) is 21.2 Å². The third-order valence-corrected chi connectivity index (χ3v) is 10.6. The minimum atomic E-state index is -3.47. The Morgan fingerprint density at radius 2 is 1.84 bits per heavy atom. The van der Waals surface area contributed by atoms with Crippen molar-refractivity contribution in [1.29, 1.82) is 0 Å². The maximum absolute atomic E-state index is 13.2. The molecule has 210 valence electrons. The van der Waals surface area contributed by atoms with Gasteiger partial charge in [-0.15, -0.1) is 0 Å². The zero-order chi connectivity index (χ0) is 27.5. The highest BCUT2D eigenvalue weighted by molar-refractivity contribution is 7.89. The number of benzene rings is 1. The van der Waals surface area contributed by atoms with Gasteiger partial charge in [0.25, 0.3) is 11.8 Å². The lowest BCUT2D eigenvalue weighted by atomic mass is 9.79. The lowest BCUT2D eigenvalue weighted by Crippen LogP contribution is -2.51. The highest BCUT2D eigenvalue weighted by Crippen LogP contribution is 2.37. The summed E-state index contributed by atoms with van der Waals surface area (Å²) < 4.78 is 27.9. The average Bonchev–Trinajstić information content (AvgIpc) is 3.21. The number of piperidine rings is 1. The summed E-state index contributed by atoms with van der Waals surface area (Å²) in [5.41, 5.74) is 1.62. The number of rotatable bonds is 9. The molecule has 2 heterocycles. The van der Waals surface area contributed by atoms with E-state index in [1.54, 1.807) is 20.2 Å². The number of amides is 2. The molecule has 0 bridgehead atoms. The average molecular weight is 545 g/mol. The predicted octanol–water partition coefficient (Wildman–Crippen LogP) is 3.93. The Kier molecular flexibility index (Phi) is 8.97. The zero-order valence-electron chi connectivity index (χ0n) is 23.5. The molecule has 0 atom stereocenters. The molecule has 0 aromatic heterocycles. The topological polar surface area (TPSA) is 99.2 Å². The van der Waals surface area contributed by atoms with Crippen LogP contribution in [-0.4, -0.2) is 73.7 Å². The molecule has 1 N–H and O–H groups in total. The number of amidine groups is 1. The Labute approximate surface area is 228 Å². The van der Waals surface area contributed by atoms with Crippen LogP contribution < -0.4 is 5.32 Å². The molecule has 0 unspecified atom stereocenters. The van der Waals surface area contributed by atoms with Gasteiger partial charge in [-0.25, -0.2) is 12.7 Å². The summed E-state index contributed by atoms with van der Waals surface area (Å²) in [5, 5.41) is 3.08. The third-order valence-electron chi connectivity index (χ3n) is 8.77. The Morgan fingerprint density at radius 1 is 1.16 bits per heavy atom. The summed E-state index contributed by atoms with van der Waals surface area (Å²) in [6.45, 7) is 4.77. The number of sulfonamides is 1. The van der Waals surface area contributed by atoms with Crippen molar-refractivity contribution in [3.05, 3.63) is 34.9 Å². The zero-order valence-corrected chi connectivity index (χ0v) is 24.3. The summed E-state index contributed by atoms with van der Waals surface area (Å²) in [4.78, 5) is 31.7. The molecule has 4 rings (SSSR count). The molecule has 2 amide bonds. The normalized spacial score (nSPS) is 23.8. The number of aliphatic imine (C=N–C) groups is 1. The lowest BCUT2D eigenvalue weighted by molar-refractivity contribution is -0.125. The standard InChI is InChI=1S/C29H44N4O4S/c1-5-6-7-22-8-10-24(11-9-22)26-30-28(35)29(31-26)15-17-33(18-16-29)38(36,37)19-14-23-12-13-25(20-21(23)2)27(34)32(3)4/h12-13,20,22,24H,5-11,14-19H2,1-4H3,(H,30,31,35). The molecule has 3 aliphatic rings. The first kappa shape index (κ1) is 28.7. The minimum absolute atomic E-state index is 0.00377. The molecule has 0 radical (unpaired) electrons. The molecule has 1 spiro atoms. The first-order valence-electron chi connectivity index (χ1n) is 14.2. The van der Waals surface area contributed by atoms with Crippen molar-refractivity contribution in [2.75, 3.05) is 32.9 Å². The number of hydrogen-bond donors (Lipinski definition) is 1. The van der Waals surface area contributed by atoms with Crippen LogP contribution in [0.2, 0.25) is 0 Å². The van der Waals surface area contributed by atoms with E-state index in [2.05, 4.69) is 12.2 Å². The molecule has 8 nitrogen and oxygen atoms in total. The van der Waals surface area contributed by atoms with Gasteiger partial charge in [0.2, 0.25) is 10.0 Å². The monoisotopic (exact) mass is 544 g/mol. The maximum atomic E-state index is 13.2. The van der Waals surface area contributed by atoms with Crippen LogP contribution in [0.25, 0.3) is 0 Å². The van der Waals surface area contributed by atoms with Gasteiger partial charge >= 0.3 is 0 Å². The summed E-state index contributed by atoms with van der Waals surface area (Å²) in [5.74, 6) is 1.83. The summed E-state index contributed by atoms with van der Waals surface area (Å²) >= 11 is 0. The van der Waals surface area contributed by atoms with E-state index in [9.17, 15) is 18.0 Å². The number of nitrogens with zero attached hydrogens (tertiary/aromatic N) is 3. The Morgan fingerprint density at radius 3 is 2.45 bits per heavy atom. The van der Waals surface area contributed by atoms with Gasteiger partial charge in [-0.2, -0.15) is 0 Å². The van der Waals surface area contributed by atoms with Gasteiger partial charge in [0.15, 0.2) is 0 Å². The van der Waals surface area contributed by atoms with Crippen molar-refractivity contribution in [2.45, 2.75) is 83.6 Å². The number of unbranched alkanes of at least 4 members (excludes halogenated alkanes) is 1. The number of hydrogen-bond acceptors (Lipinski definition) is 5. The molecule has 1 saturated heterocycles. The predicted molar refractivity (Wildman–Crippen MR) is 151 cm³/mol. The van der Waals surface area contributed by atoms with Crippen molar-refractivity contribution < 1.29 is 18.0 Å². The first-order chi connectivity index (χ1) is 18.0. The van der Waals surface area contributed by atoms with Crippen LogP contribution in [0.4, 0.5) is 0 Å². The van der Waals surface area contributed by atoms with Crippen LogP contribution in [0.3, 0.4) is 0 Å². The highest BCUT2D eigenvalue weighted by atomic mass is 32.2. The first-order valence-corrected chi connectivity index (χ1v) is 15.9. The van der Waals surface area contributed by atoms with Crippen molar-refractivity contribution >= 4 is 27.7 Å². The molecule has 1 aromatic rings. The van der Waals surface area contributed by atoms with Crippen molar-refractivity contribution in [1.82, 2.24) is 14.5 Å².